The molecule has 2 aliphatic rings. The van der Waals surface area contributed by atoms with Crippen molar-refractivity contribution in [2.24, 2.45) is 16.6 Å². The van der Waals surface area contributed by atoms with E-state index in [0.29, 0.717) is 11.9 Å². The molecule has 0 radical (unpaired) electrons. The Morgan fingerprint density at radius 3 is 2.65 bits per heavy atom. The number of piperidine rings is 1. The minimum Gasteiger partial charge on any atom is -0.370 e. The van der Waals surface area contributed by atoms with Gasteiger partial charge in [0.25, 0.3) is 0 Å². The molecule has 0 atom stereocenters. The maximum Gasteiger partial charge on any atom is 0.241 e. The number of carbonyl (C=O) groups is 1. The van der Waals surface area contributed by atoms with Gasteiger partial charge in [-0.2, -0.15) is 0 Å². The van der Waals surface area contributed by atoms with Crippen LogP contribution in [-0.4, -0.2) is 42.9 Å². The van der Waals surface area contributed by atoms with E-state index in [2.05, 4.69) is 15.2 Å². The summed E-state index contributed by atoms with van der Waals surface area (Å²) in [6.07, 6.45) is 6.11. The second-order valence-electron chi connectivity index (χ2n) is 4.97. The van der Waals surface area contributed by atoms with Crippen LogP contribution >= 0.6 is 0 Å². The zero-order valence-corrected chi connectivity index (χ0v) is 10.3. The number of amides is 1. The van der Waals surface area contributed by atoms with Gasteiger partial charge in [-0.15, -0.1) is 0 Å². The lowest BCUT2D eigenvalue weighted by atomic mass is 10.1. The Hall–Kier alpha value is -1.26. The van der Waals surface area contributed by atoms with E-state index in [0.717, 1.165) is 19.6 Å². The Bertz CT molecular complexity index is 293. The highest BCUT2D eigenvalue weighted by Crippen LogP contribution is 2.27. The van der Waals surface area contributed by atoms with Crippen molar-refractivity contribution < 1.29 is 4.79 Å². The SMILES string of the molecule is NC(=NCC(=O)NCC1CC1)N1CCCCC1. The average Bonchev–Trinajstić information content (AvgIpc) is 3.18. The van der Waals surface area contributed by atoms with E-state index in [1.165, 1.54) is 32.1 Å². The maximum absolute atomic E-state index is 11.5. The smallest absolute Gasteiger partial charge is 0.241 e. The lowest BCUT2D eigenvalue weighted by Crippen LogP contribution is -2.41. The summed E-state index contributed by atoms with van der Waals surface area (Å²) >= 11 is 0. The van der Waals surface area contributed by atoms with Gasteiger partial charge in [-0.05, 0) is 38.0 Å². The first kappa shape index (κ1) is 12.2. The van der Waals surface area contributed by atoms with Crippen LogP contribution in [0.15, 0.2) is 4.99 Å². The van der Waals surface area contributed by atoms with Gasteiger partial charge in [0.15, 0.2) is 5.96 Å². The largest absolute Gasteiger partial charge is 0.370 e. The van der Waals surface area contributed by atoms with Gasteiger partial charge in [0.2, 0.25) is 5.91 Å². The van der Waals surface area contributed by atoms with Crippen molar-refractivity contribution >= 4 is 11.9 Å². The first-order valence-corrected chi connectivity index (χ1v) is 6.57. The van der Waals surface area contributed by atoms with Gasteiger partial charge in [-0.1, -0.05) is 0 Å². The number of nitrogens with two attached hydrogens (primary N) is 1. The molecule has 3 N–H and O–H groups in total. The van der Waals surface area contributed by atoms with Crippen molar-refractivity contribution in [3.63, 3.8) is 0 Å². The summed E-state index contributed by atoms with van der Waals surface area (Å²) in [6, 6.07) is 0. The third-order valence-electron chi connectivity index (χ3n) is 3.35. The number of hydrogen-bond acceptors (Lipinski definition) is 2. The van der Waals surface area contributed by atoms with E-state index in [-0.39, 0.29) is 12.5 Å². The molecular formula is C12H22N4O. The minimum absolute atomic E-state index is 0.0168. The Labute approximate surface area is 102 Å². The van der Waals surface area contributed by atoms with Gasteiger partial charge in [0.1, 0.15) is 6.54 Å². The fraction of sp³-hybridized carbons (Fsp3) is 0.833. The Morgan fingerprint density at radius 1 is 1.29 bits per heavy atom. The summed E-state index contributed by atoms with van der Waals surface area (Å²) in [4.78, 5) is 17.7. The van der Waals surface area contributed by atoms with Gasteiger partial charge < -0.3 is 16.0 Å². The normalized spacial score (nSPS) is 21.4. The summed E-state index contributed by atoms with van der Waals surface area (Å²) in [7, 11) is 0. The van der Waals surface area contributed by atoms with E-state index in [1.54, 1.807) is 0 Å². The molecule has 1 saturated carbocycles. The summed E-state index contributed by atoms with van der Waals surface area (Å²) in [5.74, 6) is 1.21. The molecule has 5 nitrogen and oxygen atoms in total. The number of likely N-dealkylation sites (tertiary alicyclic amines) is 1. The Kier molecular flexibility index (Phi) is 4.23. The minimum atomic E-state index is -0.0168. The van der Waals surface area contributed by atoms with Crippen molar-refractivity contribution in [1.29, 1.82) is 0 Å². The maximum atomic E-state index is 11.5. The first-order valence-electron chi connectivity index (χ1n) is 6.57. The van der Waals surface area contributed by atoms with Crippen LogP contribution in [0.25, 0.3) is 0 Å². The van der Waals surface area contributed by atoms with Crippen molar-refractivity contribution in [2.75, 3.05) is 26.2 Å². The van der Waals surface area contributed by atoms with Crippen LogP contribution < -0.4 is 11.1 Å². The number of carbonyl (C=O) groups excluding carboxylic acids is 1. The molecule has 2 fully saturated rings. The highest BCUT2D eigenvalue weighted by atomic mass is 16.1. The average molecular weight is 238 g/mol. The molecule has 0 bridgehead atoms. The summed E-state index contributed by atoms with van der Waals surface area (Å²) in [5, 5.41) is 2.88. The monoisotopic (exact) mass is 238 g/mol. The van der Waals surface area contributed by atoms with Crippen LogP contribution in [0.3, 0.4) is 0 Å². The van der Waals surface area contributed by atoms with Crippen molar-refractivity contribution in [2.45, 2.75) is 32.1 Å². The zero-order valence-electron chi connectivity index (χ0n) is 10.3. The number of rotatable bonds is 4. The summed E-state index contributed by atoms with van der Waals surface area (Å²) in [6.45, 7) is 2.91. The van der Waals surface area contributed by atoms with Crippen molar-refractivity contribution in [3.8, 4) is 0 Å². The second kappa shape index (κ2) is 5.89. The van der Waals surface area contributed by atoms with E-state index < -0.39 is 0 Å². The fourth-order valence-corrected chi connectivity index (χ4v) is 2.01. The molecule has 1 aliphatic carbocycles. The number of hydrogen-bond donors (Lipinski definition) is 2. The molecule has 0 spiro atoms. The molecule has 0 aromatic heterocycles. The number of aliphatic imine (C=N–C) groups is 1. The van der Waals surface area contributed by atoms with E-state index in [1.807, 2.05) is 0 Å². The number of guanidine groups is 1. The zero-order chi connectivity index (χ0) is 12.1. The van der Waals surface area contributed by atoms with Crippen LogP contribution in [-0.2, 0) is 4.79 Å². The fourth-order valence-electron chi connectivity index (χ4n) is 2.01. The van der Waals surface area contributed by atoms with Crippen LogP contribution in [0.4, 0.5) is 0 Å². The highest BCUT2D eigenvalue weighted by Gasteiger charge is 2.21. The molecule has 1 saturated heterocycles. The molecule has 0 unspecified atom stereocenters. The van der Waals surface area contributed by atoms with Gasteiger partial charge in [0, 0.05) is 19.6 Å². The lowest BCUT2D eigenvalue weighted by Gasteiger charge is -2.27. The molecule has 96 valence electrons. The third-order valence-corrected chi connectivity index (χ3v) is 3.35. The van der Waals surface area contributed by atoms with Gasteiger partial charge >= 0.3 is 0 Å². The molecule has 0 aromatic rings. The van der Waals surface area contributed by atoms with Crippen LogP contribution in [0.5, 0.6) is 0 Å². The predicted molar refractivity (Wildman–Crippen MR) is 67.6 cm³/mol. The Balaban J connectivity index is 1.67. The van der Waals surface area contributed by atoms with E-state index in [4.69, 9.17) is 5.73 Å². The molecule has 17 heavy (non-hydrogen) atoms. The van der Waals surface area contributed by atoms with E-state index >= 15 is 0 Å². The predicted octanol–water partition coefficient (Wildman–Crippen LogP) is 0.313. The van der Waals surface area contributed by atoms with E-state index in [9.17, 15) is 4.79 Å². The highest BCUT2D eigenvalue weighted by molar-refractivity contribution is 5.84. The molecule has 1 heterocycles. The molecule has 0 aromatic carbocycles. The van der Waals surface area contributed by atoms with Gasteiger partial charge in [0.05, 0.1) is 0 Å². The second-order valence-corrected chi connectivity index (χ2v) is 4.97. The van der Waals surface area contributed by atoms with Crippen molar-refractivity contribution in [1.82, 2.24) is 10.2 Å². The molecule has 1 aliphatic heterocycles. The third kappa shape index (κ3) is 4.24. The lowest BCUT2D eigenvalue weighted by molar-refractivity contribution is -0.119. The van der Waals surface area contributed by atoms with Gasteiger partial charge in [-0.25, -0.2) is 4.99 Å². The number of nitrogens with zero attached hydrogens (tertiary/aromatic N) is 2. The summed E-state index contributed by atoms with van der Waals surface area (Å²) < 4.78 is 0. The van der Waals surface area contributed by atoms with Crippen LogP contribution in [0, 0.1) is 5.92 Å². The molecular weight excluding hydrogens is 216 g/mol. The standard InChI is InChI=1S/C12H22N4O/c13-12(16-6-2-1-3-7-16)15-9-11(17)14-8-10-4-5-10/h10H,1-9H2,(H2,13,15)(H,14,17). The number of nitrogens with one attached hydrogen (secondary N) is 1. The van der Waals surface area contributed by atoms with Crippen LogP contribution in [0.1, 0.15) is 32.1 Å². The Morgan fingerprint density at radius 2 is 2.00 bits per heavy atom. The van der Waals surface area contributed by atoms with Crippen LogP contribution in [0.2, 0.25) is 0 Å². The first-order chi connectivity index (χ1) is 8.25. The topological polar surface area (TPSA) is 70.7 Å². The van der Waals surface area contributed by atoms with Gasteiger partial charge in [-0.3, -0.25) is 4.79 Å². The quantitative estimate of drug-likeness (QED) is 0.547. The van der Waals surface area contributed by atoms with Crippen molar-refractivity contribution in [3.05, 3.63) is 0 Å². The molecule has 1 amide bonds. The summed E-state index contributed by atoms with van der Waals surface area (Å²) in [5.41, 5.74) is 5.86. The molecule has 5 heteroatoms. The molecule has 2 rings (SSSR count).